The summed E-state index contributed by atoms with van der Waals surface area (Å²) >= 11 is 1.56. The summed E-state index contributed by atoms with van der Waals surface area (Å²) in [5.74, 6) is -0.0761. The van der Waals surface area contributed by atoms with Crippen LogP contribution in [0, 0.1) is 13.8 Å². The average Bonchev–Trinajstić information content (AvgIpc) is 2.70. The van der Waals surface area contributed by atoms with Gasteiger partial charge in [0, 0.05) is 11.4 Å². The van der Waals surface area contributed by atoms with Gasteiger partial charge in [-0.1, -0.05) is 30.3 Å². The van der Waals surface area contributed by atoms with Crippen molar-refractivity contribution >= 4 is 17.2 Å². The fourth-order valence-electron chi connectivity index (χ4n) is 1.79. The number of benzene rings is 1. The van der Waals surface area contributed by atoms with Crippen molar-refractivity contribution < 1.29 is 4.79 Å². The lowest BCUT2D eigenvalue weighted by atomic mass is 10.1. The molecule has 1 aromatic heterocycles. The molecule has 0 atom stereocenters. The van der Waals surface area contributed by atoms with Crippen LogP contribution in [0.3, 0.4) is 0 Å². The van der Waals surface area contributed by atoms with Crippen molar-refractivity contribution in [2.75, 3.05) is 6.54 Å². The number of amides is 1. The first-order chi connectivity index (χ1) is 8.66. The average molecular weight is 260 g/mol. The van der Waals surface area contributed by atoms with Crippen LogP contribution in [-0.4, -0.2) is 17.4 Å². The minimum absolute atomic E-state index is 0.0761. The number of nitrogens with zero attached hydrogens (tertiary/aromatic N) is 1. The number of hydrogen-bond acceptors (Lipinski definition) is 3. The van der Waals surface area contributed by atoms with Crippen LogP contribution in [-0.2, 0) is 6.42 Å². The Morgan fingerprint density at radius 2 is 2.00 bits per heavy atom. The monoisotopic (exact) mass is 260 g/mol. The maximum absolute atomic E-state index is 11.9. The largest absolute Gasteiger partial charge is 0.350 e. The molecule has 0 fully saturated rings. The molecular formula is C14H16N2OS. The Hall–Kier alpha value is -1.68. The summed E-state index contributed by atoms with van der Waals surface area (Å²) in [6.45, 7) is 4.48. The Labute approximate surface area is 111 Å². The number of aryl methyl sites for hydroxylation is 2. The summed E-state index contributed by atoms with van der Waals surface area (Å²) in [7, 11) is 0. The molecule has 0 unspecified atom stereocenters. The minimum atomic E-state index is -0.0761. The normalized spacial score (nSPS) is 10.3. The van der Waals surface area contributed by atoms with Crippen LogP contribution in [0.15, 0.2) is 30.3 Å². The van der Waals surface area contributed by atoms with E-state index in [1.807, 2.05) is 32.0 Å². The smallest absolute Gasteiger partial charge is 0.271 e. The van der Waals surface area contributed by atoms with E-state index in [0.29, 0.717) is 12.2 Å². The Kier molecular flexibility index (Phi) is 4.10. The summed E-state index contributed by atoms with van der Waals surface area (Å²) in [5.41, 5.74) is 1.79. The molecule has 2 aromatic rings. The number of carbonyl (C=O) groups excluding carboxylic acids is 1. The fourth-order valence-corrected chi connectivity index (χ4v) is 2.60. The van der Waals surface area contributed by atoms with E-state index in [1.165, 1.54) is 5.56 Å². The van der Waals surface area contributed by atoms with Crippen molar-refractivity contribution in [3.63, 3.8) is 0 Å². The first kappa shape index (κ1) is 12.8. The molecule has 0 radical (unpaired) electrons. The lowest BCUT2D eigenvalue weighted by Crippen LogP contribution is -2.26. The quantitative estimate of drug-likeness (QED) is 0.918. The number of thiazole rings is 1. The highest BCUT2D eigenvalue weighted by Gasteiger charge is 2.12. The van der Waals surface area contributed by atoms with Gasteiger partial charge in [0.15, 0.2) is 0 Å². The third kappa shape index (κ3) is 3.17. The predicted octanol–water partition coefficient (Wildman–Crippen LogP) is 2.73. The van der Waals surface area contributed by atoms with Crippen LogP contribution >= 0.6 is 11.3 Å². The van der Waals surface area contributed by atoms with Gasteiger partial charge in [-0.15, -0.1) is 11.3 Å². The molecule has 1 heterocycles. The van der Waals surface area contributed by atoms with Crippen LogP contribution in [0.1, 0.15) is 25.9 Å². The molecule has 4 heteroatoms. The molecule has 0 bridgehead atoms. The lowest BCUT2D eigenvalue weighted by molar-refractivity contribution is 0.0949. The molecule has 1 aromatic carbocycles. The Morgan fingerprint density at radius 3 is 2.61 bits per heavy atom. The Morgan fingerprint density at radius 1 is 1.28 bits per heavy atom. The van der Waals surface area contributed by atoms with E-state index in [0.717, 1.165) is 16.3 Å². The van der Waals surface area contributed by atoms with E-state index in [1.54, 1.807) is 11.3 Å². The van der Waals surface area contributed by atoms with Gasteiger partial charge in [-0.05, 0) is 25.8 Å². The van der Waals surface area contributed by atoms with E-state index in [9.17, 15) is 4.79 Å². The second kappa shape index (κ2) is 5.78. The van der Waals surface area contributed by atoms with Crippen molar-refractivity contribution in [2.45, 2.75) is 20.3 Å². The summed E-state index contributed by atoms with van der Waals surface area (Å²) in [5, 5.41) is 3.84. The molecule has 0 saturated carbocycles. The molecule has 3 nitrogen and oxygen atoms in total. The van der Waals surface area contributed by atoms with E-state index in [-0.39, 0.29) is 5.91 Å². The van der Waals surface area contributed by atoms with Gasteiger partial charge >= 0.3 is 0 Å². The van der Waals surface area contributed by atoms with Gasteiger partial charge in [0.2, 0.25) is 0 Å². The number of aromatic nitrogens is 1. The van der Waals surface area contributed by atoms with Crippen LogP contribution in [0.4, 0.5) is 0 Å². The van der Waals surface area contributed by atoms with E-state index >= 15 is 0 Å². The molecule has 94 valence electrons. The van der Waals surface area contributed by atoms with Crippen LogP contribution in [0.2, 0.25) is 0 Å². The molecule has 1 amide bonds. The highest BCUT2D eigenvalue weighted by Crippen LogP contribution is 2.15. The maximum Gasteiger partial charge on any atom is 0.271 e. The fraction of sp³-hybridized carbons (Fsp3) is 0.286. The topological polar surface area (TPSA) is 42.0 Å². The predicted molar refractivity (Wildman–Crippen MR) is 74.1 cm³/mol. The number of nitrogens with one attached hydrogen (secondary N) is 1. The van der Waals surface area contributed by atoms with Crippen LogP contribution in [0.5, 0.6) is 0 Å². The first-order valence-electron chi connectivity index (χ1n) is 5.93. The molecule has 0 aliphatic rings. The highest BCUT2D eigenvalue weighted by atomic mass is 32.1. The molecule has 0 aliphatic heterocycles. The van der Waals surface area contributed by atoms with E-state index in [4.69, 9.17) is 0 Å². The summed E-state index contributed by atoms with van der Waals surface area (Å²) in [6, 6.07) is 10.1. The molecule has 1 N–H and O–H groups in total. The zero-order chi connectivity index (χ0) is 13.0. The molecule has 2 rings (SSSR count). The van der Waals surface area contributed by atoms with E-state index in [2.05, 4.69) is 22.4 Å². The van der Waals surface area contributed by atoms with Crippen molar-refractivity contribution in [1.29, 1.82) is 0 Å². The Balaban J connectivity index is 1.87. The number of carbonyl (C=O) groups is 1. The number of hydrogen-bond donors (Lipinski definition) is 1. The lowest BCUT2D eigenvalue weighted by Gasteiger charge is -2.04. The van der Waals surface area contributed by atoms with Gasteiger partial charge in [-0.2, -0.15) is 0 Å². The summed E-state index contributed by atoms with van der Waals surface area (Å²) in [4.78, 5) is 17.1. The van der Waals surface area contributed by atoms with E-state index < -0.39 is 0 Å². The van der Waals surface area contributed by atoms with Gasteiger partial charge in [0.25, 0.3) is 5.91 Å². The van der Waals surface area contributed by atoms with Gasteiger partial charge in [0.1, 0.15) is 5.69 Å². The van der Waals surface area contributed by atoms with Gasteiger partial charge < -0.3 is 5.32 Å². The van der Waals surface area contributed by atoms with Crippen molar-refractivity contribution in [3.8, 4) is 0 Å². The standard InChI is InChI=1S/C14H16N2OS/c1-10-13(16-11(2)18-10)14(17)15-9-8-12-6-4-3-5-7-12/h3-7H,8-9H2,1-2H3,(H,15,17). The summed E-state index contributed by atoms with van der Waals surface area (Å²) in [6.07, 6.45) is 0.842. The maximum atomic E-state index is 11.9. The van der Waals surface area contributed by atoms with Crippen molar-refractivity contribution in [2.24, 2.45) is 0 Å². The zero-order valence-electron chi connectivity index (χ0n) is 10.6. The third-order valence-electron chi connectivity index (χ3n) is 2.66. The SMILES string of the molecule is Cc1nc(C(=O)NCCc2ccccc2)c(C)s1. The molecular weight excluding hydrogens is 244 g/mol. The van der Waals surface area contributed by atoms with Gasteiger partial charge in [-0.25, -0.2) is 4.98 Å². The minimum Gasteiger partial charge on any atom is -0.350 e. The second-order valence-corrected chi connectivity index (χ2v) is 5.54. The number of rotatable bonds is 4. The van der Waals surface area contributed by atoms with Crippen molar-refractivity contribution in [3.05, 3.63) is 51.5 Å². The molecule has 0 spiro atoms. The molecule has 18 heavy (non-hydrogen) atoms. The van der Waals surface area contributed by atoms with Crippen LogP contribution < -0.4 is 5.32 Å². The molecule has 0 aliphatic carbocycles. The van der Waals surface area contributed by atoms with Gasteiger partial charge in [0.05, 0.1) is 5.01 Å². The second-order valence-electron chi connectivity index (χ2n) is 4.13. The van der Waals surface area contributed by atoms with Gasteiger partial charge in [-0.3, -0.25) is 4.79 Å². The Bertz CT molecular complexity index is 534. The van der Waals surface area contributed by atoms with Crippen LogP contribution in [0.25, 0.3) is 0 Å². The van der Waals surface area contributed by atoms with Crippen molar-refractivity contribution in [1.82, 2.24) is 10.3 Å². The highest BCUT2D eigenvalue weighted by molar-refractivity contribution is 7.11. The third-order valence-corrected chi connectivity index (χ3v) is 3.55. The zero-order valence-corrected chi connectivity index (χ0v) is 11.4. The summed E-state index contributed by atoms with van der Waals surface area (Å²) < 4.78 is 0. The molecule has 0 saturated heterocycles. The first-order valence-corrected chi connectivity index (χ1v) is 6.74.